The van der Waals surface area contributed by atoms with Gasteiger partial charge in [0.05, 0.1) is 6.61 Å². The Morgan fingerprint density at radius 3 is 2.18 bits per heavy atom. The maximum atomic E-state index is 13.4. The smallest absolute Gasteiger partial charge is 0.251 e. The van der Waals surface area contributed by atoms with E-state index in [0.29, 0.717) is 30.3 Å². The van der Waals surface area contributed by atoms with Gasteiger partial charge in [0.2, 0.25) is 5.91 Å². The second-order valence-corrected chi connectivity index (χ2v) is 14.4. The van der Waals surface area contributed by atoms with Gasteiger partial charge >= 0.3 is 0 Å². The zero-order valence-corrected chi connectivity index (χ0v) is 30.1. The lowest BCUT2D eigenvalue weighted by molar-refractivity contribution is -0.123. The van der Waals surface area contributed by atoms with E-state index in [1.807, 2.05) is 85.2 Å². The lowest BCUT2D eigenvalue weighted by Gasteiger charge is -2.21. The first-order valence-electron chi connectivity index (χ1n) is 18.2. The van der Waals surface area contributed by atoms with Crippen LogP contribution in [0, 0.1) is 5.92 Å². The third kappa shape index (κ3) is 10.7. The van der Waals surface area contributed by atoms with Crippen molar-refractivity contribution in [2.75, 3.05) is 26.2 Å². The van der Waals surface area contributed by atoms with Gasteiger partial charge in [-0.25, -0.2) is 9.97 Å². The molecule has 1 aliphatic rings. The first kappa shape index (κ1) is 36.7. The molecule has 1 aromatic heterocycles. The molecule has 1 aliphatic heterocycles. The average molecular weight is 676 g/mol. The quantitative estimate of drug-likeness (QED) is 0.106. The summed E-state index contributed by atoms with van der Waals surface area (Å²) in [5, 5.41) is 9.44. The van der Waals surface area contributed by atoms with Crippen molar-refractivity contribution in [1.29, 1.82) is 0 Å². The molecule has 5 rings (SSSR count). The SMILES string of the molecule is CCCCCCCOc1ccc(-c2cnc(-c3ccc(CC(NC(=O)c4ccc(C(C)(C)C)cc4)C(=O)NCC4CCNC4)cc3)nc2)cc1. The standard InChI is InChI=1S/C42H53N5O3/c1-5-6-7-8-9-24-50-37-20-16-32(17-21-37)35-28-44-39(45-29-35)33-12-10-30(11-13-33)25-38(41(49)46-27-31-22-23-43-26-31)47-40(48)34-14-18-36(19-15-34)42(2,3)4/h10-21,28-29,31,38,43H,5-9,22-27H2,1-4H3,(H,46,49)(H,47,48). The lowest BCUT2D eigenvalue weighted by atomic mass is 9.86. The normalized spacial score (nSPS) is 15.0. The molecule has 0 saturated carbocycles. The van der Waals surface area contributed by atoms with E-state index in [-0.39, 0.29) is 17.2 Å². The molecule has 0 radical (unpaired) electrons. The highest BCUT2D eigenvalue weighted by molar-refractivity contribution is 5.97. The second-order valence-electron chi connectivity index (χ2n) is 14.4. The molecule has 3 N–H and O–H groups in total. The third-order valence-corrected chi connectivity index (χ3v) is 9.37. The molecule has 3 aromatic carbocycles. The van der Waals surface area contributed by atoms with Gasteiger partial charge in [-0.05, 0) is 78.2 Å². The maximum Gasteiger partial charge on any atom is 0.251 e. The van der Waals surface area contributed by atoms with Crippen molar-refractivity contribution in [3.05, 3.63) is 102 Å². The Bertz CT molecular complexity index is 1640. The summed E-state index contributed by atoms with van der Waals surface area (Å²) < 4.78 is 5.91. The zero-order chi connectivity index (χ0) is 35.3. The molecule has 0 spiro atoms. The molecule has 0 bridgehead atoms. The van der Waals surface area contributed by atoms with Gasteiger partial charge in [0, 0.05) is 42.0 Å². The van der Waals surface area contributed by atoms with E-state index in [1.165, 1.54) is 25.7 Å². The van der Waals surface area contributed by atoms with Crippen molar-refractivity contribution >= 4 is 11.8 Å². The van der Waals surface area contributed by atoms with Crippen LogP contribution < -0.4 is 20.7 Å². The highest BCUT2D eigenvalue weighted by Crippen LogP contribution is 2.25. The molecule has 4 aromatic rings. The monoisotopic (exact) mass is 675 g/mol. The number of unbranched alkanes of at least 4 members (excludes halogenated alkanes) is 4. The van der Waals surface area contributed by atoms with Gasteiger partial charge in [-0.3, -0.25) is 9.59 Å². The topological polar surface area (TPSA) is 105 Å². The van der Waals surface area contributed by atoms with Crippen LogP contribution in [0.5, 0.6) is 5.75 Å². The van der Waals surface area contributed by atoms with Crippen LogP contribution in [-0.2, 0) is 16.6 Å². The Labute approximate surface area is 297 Å². The van der Waals surface area contributed by atoms with Crippen LogP contribution in [0.2, 0.25) is 0 Å². The zero-order valence-electron chi connectivity index (χ0n) is 30.1. The molecule has 0 aliphatic carbocycles. The average Bonchev–Trinajstić information content (AvgIpc) is 3.66. The van der Waals surface area contributed by atoms with E-state index in [4.69, 9.17) is 4.74 Å². The van der Waals surface area contributed by atoms with Gasteiger partial charge in [0.1, 0.15) is 11.8 Å². The number of carbonyl (C=O) groups is 2. The summed E-state index contributed by atoms with van der Waals surface area (Å²) in [5.41, 5.74) is 5.44. The predicted octanol–water partition coefficient (Wildman–Crippen LogP) is 7.52. The summed E-state index contributed by atoms with van der Waals surface area (Å²) in [7, 11) is 0. The second kappa shape index (κ2) is 17.9. The first-order chi connectivity index (χ1) is 24.2. The molecule has 2 amide bonds. The Morgan fingerprint density at radius 2 is 1.54 bits per heavy atom. The molecule has 8 nitrogen and oxygen atoms in total. The Balaban J connectivity index is 1.20. The largest absolute Gasteiger partial charge is 0.494 e. The number of nitrogens with one attached hydrogen (secondary N) is 3. The van der Waals surface area contributed by atoms with E-state index in [0.717, 1.165) is 66.1 Å². The van der Waals surface area contributed by atoms with Gasteiger partial charge in [-0.2, -0.15) is 0 Å². The fourth-order valence-electron chi connectivity index (χ4n) is 6.12. The molecule has 1 saturated heterocycles. The van der Waals surface area contributed by atoms with Gasteiger partial charge in [0.15, 0.2) is 5.82 Å². The van der Waals surface area contributed by atoms with Gasteiger partial charge in [-0.1, -0.05) is 102 Å². The number of hydrogen-bond donors (Lipinski definition) is 3. The lowest BCUT2D eigenvalue weighted by Crippen LogP contribution is -2.49. The molecule has 1 fully saturated rings. The van der Waals surface area contributed by atoms with E-state index in [9.17, 15) is 9.59 Å². The number of benzene rings is 3. The van der Waals surface area contributed by atoms with Gasteiger partial charge in [-0.15, -0.1) is 0 Å². The maximum absolute atomic E-state index is 13.4. The van der Waals surface area contributed by atoms with Crippen molar-refractivity contribution in [2.24, 2.45) is 5.92 Å². The molecular weight excluding hydrogens is 622 g/mol. The van der Waals surface area contributed by atoms with Crippen LogP contribution in [0.4, 0.5) is 0 Å². The molecular formula is C42H53N5O3. The molecule has 264 valence electrons. The Hall–Kier alpha value is -4.56. The molecule has 50 heavy (non-hydrogen) atoms. The van der Waals surface area contributed by atoms with Crippen LogP contribution in [0.25, 0.3) is 22.5 Å². The van der Waals surface area contributed by atoms with Crippen molar-refractivity contribution in [2.45, 2.75) is 84.1 Å². The number of ether oxygens (including phenoxy) is 1. The van der Waals surface area contributed by atoms with Gasteiger partial charge in [0.25, 0.3) is 5.91 Å². The number of carbonyl (C=O) groups excluding carboxylic acids is 2. The summed E-state index contributed by atoms with van der Waals surface area (Å²) in [6.07, 6.45) is 11.2. The highest BCUT2D eigenvalue weighted by Gasteiger charge is 2.24. The summed E-state index contributed by atoms with van der Waals surface area (Å²) in [6, 6.07) is 22.8. The molecule has 2 atom stereocenters. The number of aromatic nitrogens is 2. The summed E-state index contributed by atoms with van der Waals surface area (Å²) in [5.74, 6) is 1.45. The Morgan fingerprint density at radius 1 is 0.860 bits per heavy atom. The minimum absolute atomic E-state index is 0.0134. The van der Waals surface area contributed by atoms with Gasteiger partial charge < -0.3 is 20.7 Å². The number of rotatable bonds is 16. The van der Waals surface area contributed by atoms with Crippen LogP contribution in [0.3, 0.4) is 0 Å². The minimum Gasteiger partial charge on any atom is -0.494 e. The van der Waals surface area contributed by atoms with Crippen LogP contribution >= 0.6 is 0 Å². The van der Waals surface area contributed by atoms with Crippen LogP contribution in [-0.4, -0.2) is 54.1 Å². The Kier molecular flexibility index (Phi) is 13.1. The van der Waals surface area contributed by atoms with E-state index in [1.54, 1.807) is 0 Å². The van der Waals surface area contributed by atoms with E-state index in [2.05, 4.69) is 53.6 Å². The van der Waals surface area contributed by atoms with Crippen molar-refractivity contribution in [1.82, 2.24) is 25.9 Å². The highest BCUT2D eigenvalue weighted by atomic mass is 16.5. The van der Waals surface area contributed by atoms with Crippen molar-refractivity contribution < 1.29 is 14.3 Å². The summed E-state index contributed by atoms with van der Waals surface area (Å²) in [6.45, 7) is 11.8. The van der Waals surface area contributed by atoms with E-state index >= 15 is 0 Å². The fraction of sp³-hybridized carbons (Fsp3) is 0.429. The first-order valence-corrected chi connectivity index (χ1v) is 18.2. The molecule has 2 unspecified atom stereocenters. The van der Waals surface area contributed by atoms with Crippen molar-refractivity contribution in [3.63, 3.8) is 0 Å². The predicted molar refractivity (Wildman–Crippen MR) is 201 cm³/mol. The molecule has 8 heteroatoms. The van der Waals surface area contributed by atoms with Crippen molar-refractivity contribution in [3.8, 4) is 28.3 Å². The summed E-state index contributed by atoms with van der Waals surface area (Å²) in [4.78, 5) is 36.0. The minimum atomic E-state index is -0.719. The van der Waals surface area contributed by atoms with Crippen LogP contribution in [0.15, 0.2) is 85.2 Å². The number of hydrogen-bond acceptors (Lipinski definition) is 6. The summed E-state index contributed by atoms with van der Waals surface area (Å²) >= 11 is 0. The molecule has 2 heterocycles. The van der Waals surface area contributed by atoms with Crippen LogP contribution in [0.1, 0.15) is 87.7 Å². The fourth-order valence-corrected chi connectivity index (χ4v) is 6.12. The number of amides is 2. The third-order valence-electron chi connectivity index (χ3n) is 9.37. The number of nitrogens with zero attached hydrogens (tertiary/aromatic N) is 2. The van der Waals surface area contributed by atoms with E-state index < -0.39 is 6.04 Å².